The van der Waals surface area contributed by atoms with Crippen LogP contribution in [0.1, 0.15) is 29.7 Å². The molecule has 0 aromatic heterocycles. The van der Waals surface area contributed by atoms with Crippen LogP contribution in [0.25, 0.3) is 0 Å². The van der Waals surface area contributed by atoms with Gasteiger partial charge in [0, 0.05) is 29.2 Å². The van der Waals surface area contributed by atoms with Crippen molar-refractivity contribution in [2.24, 2.45) is 0 Å². The summed E-state index contributed by atoms with van der Waals surface area (Å²) in [4.78, 5) is 0. The summed E-state index contributed by atoms with van der Waals surface area (Å²) in [5.41, 5.74) is 1.19. The van der Waals surface area contributed by atoms with Gasteiger partial charge in [0.15, 0.2) is 11.7 Å². The zero-order valence-electron chi connectivity index (χ0n) is 15.2. The van der Waals surface area contributed by atoms with E-state index in [0.717, 1.165) is 0 Å². The molecule has 3 N–H and O–H groups in total. The minimum absolute atomic E-state index is 0.00404. The molecule has 0 saturated carbocycles. The van der Waals surface area contributed by atoms with Gasteiger partial charge in [-0.1, -0.05) is 12.2 Å². The van der Waals surface area contributed by atoms with Crippen molar-refractivity contribution in [3.63, 3.8) is 0 Å². The van der Waals surface area contributed by atoms with Crippen molar-refractivity contribution in [2.45, 2.75) is 31.2 Å². The van der Waals surface area contributed by atoms with E-state index in [2.05, 4.69) is 6.58 Å². The first-order chi connectivity index (χ1) is 12.8. The monoisotopic (exact) mass is 370 g/mol. The number of benzene rings is 2. The van der Waals surface area contributed by atoms with Gasteiger partial charge >= 0.3 is 0 Å². The number of phenols is 1. The summed E-state index contributed by atoms with van der Waals surface area (Å²) in [6.45, 7) is 5.55. The van der Waals surface area contributed by atoms with E-state index >= 15 is 0 Å². The van der Waals surface area contributed by atoms with Gasteiger partial charge in [-0.3, -0.25) is 0 Å². The molecule has 0 saturated heterocycles. The van der Waals surface area contributed by atoms with Gasteiger partial charge in [0.2, 0.25) is 0 Å². The van der Waals surface area contributed by atoms with E-state index in [0.29, 0.717) is 39.5 Å². The van der Waals surface area contributed by atoms with E-state index in [9.17, 15) is 15.3 Å². The van der Waals surface area contributed by atoms with Crippen molar-refractivity contribution in [2.75, 3.05) is 13.7 Å². The molecule has 27 heavy (non-hydrogen) atoms. The highest BCUT2D eigenvalue weighted by Gasteiger charge is 2.53. The van der Waals surface area contributed by atoms with Crippen LogP contribution in [0, 0.1) is 0 Å². The van der Waals surface area contributed by atoms with E-state index in [4.69, 9.17) is 14.2 Å². The number of phenolic OH excluding ortho intramolecular Hbond substituents is 1. The lowest BCUT2D eigenvalue weighted by atomic mass is 9.84. The van der Waals surface area contributed by atoms with E-state index in [1.54, 1.807) is 32.2 Å². The van der Waals surface area contributed by atoms with Gasteiger partial charge < -0.3 is 29.5 Å². The van der Waals surface area contributed by atoms with Crippen LogP contribution in [-0.2, 0) is 12.0 Å². The molecule has 0 amide bonds. The predicted molar refractivity (Wildman–Crippen MR) is 98.4 cm³/mol. The lowest BCUT2D eigenvalue weighted by Gasteiger charge is -2.34. The molecule has 0 bridgehead atoms. The van der Waals surface area contributed by atoms with E-state index in [1.807, 2.05) is 0 Å². The molecular formula is C21H22O6. The van der Waals surface area contributed by atoms with Crippen molar-refractivity contribution >= 4 is 0 Å². The maximum atomic E-state index is 11.4. The highest BCUT2D eigenvalue weighted by Crippen LogP contribution is 2.56. The molecule has 6 nitrogen and oxygen atoms in total. The fourth-order valence-corrected chi connectivity index (χ4v) is 3.72. The number of hydrogen-bond acceptors (Lipinski definition) is 6. The third kappa shape index (κ3) is 2.64. The Morgan fingerprint density at radius 3 is 2.85 bits per heavy atom. The van der Waals surface area contributed by atoms with Gasteiger partial charge in [0.25, 0.3) is 0 Å². The molecule has 142 valence electrons. The van der Waals surface area contributed by atoms with Gasteiger partial charge in [-0.05, 0) is 31.2 Å². The molecule has 2 aromatic rings. The second kappa shape index (κ2) is 6.18. The molecule has 6 heteroatoms. The molecule has 4 rings (SSSR count). The first-order valence-electron chi connectivity index (χ1n) is 8.73. The molecule has 2 aromatic carbocycles. The van der Waals surface area contributed by atoms with E-state index in [-0.39, 0.29) is 18.8 Å². The summed E-state index contributed by atoms with van der Waals surface area (Å²) in [6.07, 6.45) is -1.18. The summed E-state index contributed by atoms with van der Waals surface area (Å²) in [7, 11) is 1.55. The van der Waals surface area contributed by atoms with Crippen LogP contribution < -0.4 is 14.2 Å². The standard InChI is InChI=1S/C21H22O6/c1-11(2)16(23)9-14-17(25-3)7-6-15-19(14)27-20-13-5-4-12(22)8-18(13)26-10-21(15,20)24/h4-8,16,20,22-24H,1,9-10H2,2-3H3/t16-,20-,21+/m0/s1. The smallest absolute Gasteiger partial charge is 0.168 e. The van der Waals surface area contributed by atoms with Crippen molar-refractivity contribution < 1.29 is 29.5 Å². The van der Waals surface area contributed by atoms with Crippen molar-refractivity contribution in [3.8, 4) is 23.0 Å². The first-order valence-corrected chi connectivity index (χ1v) is 8.73. The number of methoxy groups -OCH3 is 1. The van der Waals surface area contributed by atoms with Crippen LogP contribution in [-0.4, -0.2) is 35.1 Å². The summed E-state index contributed by atoms with van der Waals surface area (Å²) >= 11 is 0. The Bertz CT molecular complexity index is 921. The Labute approximate surface area is 157 Å². The maximum absolute atomic E-state index is 11.4. The molecule has 2 aliphatic rings. The number of rotatable bonds is 4. The largest absolute Gasteiger partial charge is 0.508 e. The third-order valence-electron chi connectivity index (χ3n) is 5.27. The first kappa shape index (κ1) is 17.7. The predicted octanol–water partition coefficient (Wildman–Crippen LogP) is 2.59. The van der Waals surface area contributed by atoms with Gasteiger partial charge in [-0.15, -0.1) is 0 Å². The van der Waals surface area contributed by atoms with Crippen LogP contribution >= 0.6 is 0 Å². The summed E-state index contributed by atoms with van der Waals surface area (Å²) in [5.74, 6) is 1.63. The summed E-state index contributed by atoms with van der Waals surface area (Å²) < 4.78 is 17.4. The van der Waals surface area contributed by atoms with Gasteiger partial charge in [0.1, 0.15) is 29.6 Å². The third-order valence-corrected chi connectivity index (χ3v) is 5.27. The van der Waals surface area contributed by atoms with Crippen LogP contribution in [0.5, 0.6) is 23.0 Å². The highest BCUT2D eigenvalue weighted by atomic mass is 16.5. The Kier molecular flexibility index (Phi) is 4.05. The summed E-state index contributed by atoms with van der Waals surface area (Å²) in [6, 6.07) is 8.25. The molecule has 2 heterocycles. The molecule has 3 atom stereocenters. The van der Waals surface area contributed by atoms with Crippen LogP contribution in [0.4, 0.5) is 0 Å². The molecule has 0 radical (unpaired) electrons. The minimum Gasteiger partial charge on any atom is -0.508 e. The molecule has 0 aliphatic carbocycles. The Morgan fingerprint density at radius 2 is 2.15 bits per heavy atom. The fourth-order valence-electron chi connectivity index (χ4n) is 3.72. The highest BCUT2D eigenvalue weighted by molar-refractivity contribution is 5.59. The van der Waals surface area contributed by atoms with Crippen molar-refractivity contribution in [1.29, 1.82) is 0 Å². The average Bonchev–Trinajstić information content (AvgIpc) is 2.95. The Hall–Kier alpha value is -2.70. The molecule has 2 aliphatic heterocycles. The van der Waals surface area contributed by atoms with Gasteiger partial charge in [0.05, 0.1) is 13.2 Å². The number of aliphatic hydroxyl groups is 2. The summed E-state index contributed by atoms with van der Waals surface area (Å²) in [5, 5.41) is 31.4. The molecule has 0 spiro atoms. The Morgan fingerprint density at radius 1 is 1.37 bits per heavy atom. The number of ether oxygens (including phenoxy) is 3. The average molecular weight is 370 g/mol. The van der Waals surface area contributed by atoms with Crippen LogP contribution in [0.2, 0.25) is 0 Å². The lowest BCUT2D eigenvalue weighted by Crippen LogP contribution is -2.41. The van der Waals surface area contributed by atoms with E-state index < -0.39 is 17.8 Å². The number of aromatic hydroxyl groups is 1. The van der Waals surface area contributed by atoms with Gasteiger partial charge in [-0.25, -0.2) is 0 Å². The van der Waals surface area contributed by atoms with Crippen LogP contribution in [0.3, 0.4) is 0 Å². The number of aliphatic hydroxyl groups excluding tert-OH is 1. The van der Waals surface area contributed by atoms with Crippen molar-refractivity contribution in [3.05, 3.63) is 59.2 Å². The Balaban J connectivity index is 1.83. The lowest BCUT2D eigenvalue weighted by molar-refractivity contribution is -0.0865. The van der Waals surface area contributed by atoms with Gasteiger partial charge in [-0.2, -0.15) is 0 Å². The van der Waals surface area contributed by atoms with Crippen LogP contribution in [0.15, 0.2) is 42.5 Å². The molecule has 0 unspecified atom stereocenters. The second-order valence-electron chi connectivity index (χ2n) is 7.12. The molecular weight excluding hydrogens is 348 g/mol. The van der Waals surface area contributed by atoms with E-state index in [1.165, 1.54) is 12.1 Å². The normalized spacial score (nSPS) is 23.3. The van der Waals surface area contributed by atoms with Crippen molar-refractivity contribution in [1.82, 2.24) is 0 Å². The zero-order chi connectivity index (χ0) is 19.3. The quantitative estimate of drug-likeness (QED) is 0.717. The zero-order valence-corrected chi connectivity index (χ0v) is 15.2. The number of fused-ring (bicyclic) bond motifs is 5. The minimum atomic E-state index is -1.37. The second-order valence-corrected chi connectivity index (χ2v) is 7.12. The topological polar surface area (TPSA) is 88.4 Å². The molecule has 0 fully saturated rings. The number of hydrogen-bond donors (Lipinski definition) is 3. The fraction of sp³-hybridized carbons (Fsp3) is 0.333. The maximum Gasteiger partial charge on any atom is 0.168 e. The SMILES string of the molecule is C=C(C)[C@@H](O)Cc1c(OC)ccc2c1O[C@H]1c3ccc(O)cc3OC[C@@]21O.